The molecular weight excluding hydrogens is 226 g/mol. The molecule has 2 aliphatic rings. The SMILES string of the molecule is CC1OCCC1S(=O)CC(O)CNC1CC1. The van der Waals surface area contributed by atoms with E-state index in [0.29, 0.717) is 24.9 Å². The van der Waals surface area contributed by atoms with Crippen LogP contribution in [0.5, 0.6) is 0 Å². The Bertz CT molecular complexity index is 258. The van der Waals surface area contributed by atoms with Crippen LogP contribution < -0.4 is 5.32 Å². The average molecular weight is 247 g/mol. The summed E-state index contributed by atoms with van der Waals surface area (Å²) in [4.78, 5) is 0. The lowest BCUT2D eigenvalue weighted by atomic mass is 10.3. The Morgan fingerprint density at radius 3 is 2.81 bits per heavy atom. The second kappa shape index (κ2) is 5.58. The first-order valence-corrected chi connectivity index (χ1v) is 7.45. The number of nitrogens with one attached hydrogen (secondary N) is 1. The molecule has 2 N–H and O–H groups in total. The van der Waals surface area contributed by atoms with Crippen LogP contribution in [0.1, 0.15) is 26.2 Å². The van der Waals surface area contributed by atoms with Crippen LogP contribution in [0, 0.1) is 0 Å². The van der Waals surface area contributed by atoms with Crippen molar-refractivity contribution in [1.29, 1.82) is 0 Å². The third kappa shape index (κ3) is 3.52. The summed E-state index contributed by atoms with van der Waals surface area (Å²) < 4.78 is 17.4. The Morgan fingerprint density at radius 2 is 2.25 bits per heavy atom. The fourth-order valence-electron chi connectivity index (χ4n) is 2.02. The van der Waals surface area contributed by atoms with Gasteiger partial charge in [-0.05, 0) is 26.2 Å². The maximum Gasteiger partial charge on any atom is 0.0779 e. The smallest absolute Gasteiger partial charge is 0.0779 e. The Kier molecular flexibility index (Phi) is 4.35. The molecule has 2 fully saturated rings. The van der Waals surface area contributed by atoms with Crippen molar-refractivity contribution in [2.45, 2.75) is 49.7 Å². The first-order chi connectivity index (χ1) is 7.66. The van der Waals surface area contributed by atoms with Crippen molar-refractivity contribution in [3.05, 3.63) is 0 Å². The van der Waals surface area contributed by atoms with Gasteiger partial charge >= 0.3 is 0 Å². The summed E-state index contributed by atoms with van der Waals surface area (Å²) in [5.41, 5.74) is 0. The quantitative estimate of drug-likeness (QED) is 0.695. The standard InChI is InChI=1S/C11H21NO3S/c1-8-11(4-5-15-8)16(14)7-10(13)6-12-9-2-3-9/h8-13H,2-7H2,1H3. The minimum Gasteiger partial charge on any atom is -0.391 e. The zero-order valence-electron chi connectivity index (χ0n) is 9.72. The molecule has 1 heterocycles. The van der Waals surface area contributed by atoms with Gasteiger partial charge in [0.15, 0.2) is 0 Å². The van der Waals surface area contributed by atoms with Crippen molar-refractivity contribution in [3.8, 4) is 0 Å². The molecule has 0 amide bonds. The number of aliphatic hydroxyl groups is 1. The Hall–Kier alpha value is 0.0300. The van der Waals surface area contributed by atoms with Crippen LogP contribution in [0.25, 0.3) is 0 Å². The highest BCUT2D eigenvalue weighted by molar-refractivity contribution is 7.85. The summed E-state index contributed by atoms with van der Waals surface area (Å²) >= 11 is 0. The molecule has 0 spiro atoms. The molecule has 4 unspecified atom stereocenters. The van der Waals surface area contributed by atoms with E-state index in [0.717, 1.165) is 6.42 Å². The van der Waals surface area contributed by atoms with Crippen LogP contribution in [-0.4, -0.2) is 51.7 Å². The summed E-state index contributed by atoms with van der Waals surface area (Å²) in [6, 6.07) is 0.594. The van der Waals surface area contributed by atoms with Crippen LogP contribution in [0.4, 0.5) is 0 Å². The summed E-state index contributed by atoms with van der Waals surface area (Å²) in [5.74, 6) is 0.373. The second-order valence-corrected chi connectivity index (χ2v) is 6.49. The summed E-state index contributed by atoms with van der Waals surface area (Å²) in [6.45, 7) is 3.23. The van der Waals surface area contributed by atoms with Gasteiger partial charge in [0.2, 0.25) is 0 Å². The van der Waals surface area contributed by atoms with Gasteiger partial charge in [0, 0.05) is 30.0 Å². The maximum atomic E-state index is 12.0. The minimum absolute atomic E-state index is 0.0735. The first-order valence-electron chi connectivity index (χ1n) is 6.07. The van der Waals surface area contributed by atoms with Gasteiger partial charge in [0.25, 0.3) is 0 Å². The Labute approximate surface area is 99.2 Å². The van der Waals surface area contributed by atoms with E-state index >= 15 is 0 Å². The van der Waals surface area contributed by atoms with Crippen molar-refractivity contribution in [2.24, 2.45) is 0 Å². The molecule has 5 heteroatoms. The lowest BCUT2D eigenvalue weighted by molar-refractivity contribution is 0.126. The molecule has 2 rings (SSSR count). The number of hydrogen-bond donors (Lipinski definition) is 2. The molecule has 0 aromatic heterocycles. The zero-order valence-corrected chi connectivity index (χ0v) is 10.5. The van der Waals surface area contributed by atoms with Crippen LogP contribution in [0.2, 0.25) is 0 Å². The number of hydrogen-bond acceptors (Lipinski definition) is 4. The highest BCUT2D eigenvalue weighted by Gasteiger charge is 2.30. The Balaban J connectivity index is 1.68. The molecule has 1 aliphatic carbocycles. The van der Waals surface area contributed by atoms with E-state index in [1.807, 2.05) is 6.92 Å². The van der Waals surface area contributed by atoms with Gasteiger partial charge in [-0.1, -0.05) is 0 Å². The van der Waals surface area contributed by atoms with Gasteiger partial charge in [-0.25, -0.2) is 0 Å². The van der Waals surface area contributed by atoms with Gasteiger partial charge in [-0.3, -0.25) is 4.21 Å². The largest absolute Gasteiger partial charge is 0.391 e. The molecule has 0 aromatic rings. The third-order valence-electron chi connectivity index (χ3n) is 3.22. The lowest BCUT2D eigenvalue weighted by Gasteiger charge is -2.16. The molecule has 0 aromatic carbocycles. The predicted octanol–water partition coefficient (Wildman–Crippen LogP) is 0.0254. The van der Waals surface area contributed by atoms with E-state index in [1.54, 1.807) is 0 Å². The summed E-state index contributed by atoms with van der Waals surface area (Å²) in [5, 5.41) is 13.1. The van der Waals surface area contributed by atoms with Crippen LogP contribution in [0.3, 0.4) is 0 Å². The summed E-state index contributed by atoms with van der Waals surface area (Å²) in [6.07, 6.45) is 2.86. The van der Waals surface area contributed by atoms with E-state index in [2.05, 4.69) is 5.32 Å². The van der Waals surface area contributed by atoms with Crippen LogP contribution >= 0.6 is 0 Å². The van der Waals surface area contributed by atoms with Crippen molar-refractivity contribution in [3.63, 3.8) is 0 Å². The van der Waals surface area contributed by atoms with E-state index in [4.69, 9.17) is 4.74 Å². The Morgan fingerprint density at radius 1 is 1.50 bits per heavy atom. The van der Waals surface area contributed by atoms with E-state index < -0.39 is 16.9 Å². The third-order valence-corrected chi connectivity index (χ3v) is 5.23. The van der Waals surface area contributed by atoms with Gasteiger partial charge in [-0.15, -0.1) is 0 Å². The molecule has 1 aliphatic heterocycles. The molecule has 16 heavy (non-hydrogen) atoms. The van der Waals surface area contributed by atoms with Gasteiger partial charge in [0.1, 0.15) is 0 Å². The van der Waals surface area contributed by atoms with Crippen molar-refractivity contribution in [1.82, 2.24) is 5.32 Å². The molecule has 4 nitrogen and oxygen atoms in total. The molecule has 0 radical (unpaired) electrons. The van der Waals surface area contributed by atoms with Crippen LogP contribution in [0.15, 0.2) is 0 Å². The predicted molar refractivity (Wildman–Crippen MR) is 63.9 cm³/mol. The fourth-order valence-corrected chi connectivity index (χ4v) is 3.63. The molecule has 1 saturated carbocycles. The van der Waals surface area contributed by atoms with Gasteiger partial charge in [-0.2, -0.15) is 0 Å². The van der Waals surface area contributed by atoms with Crippen molar-refractivity contribution in [2.75, 3.05) is 18.9 Å². The average Bonchev–Trinajstić information content (AvgIpc) is 2.97. The topological polar surface area (TPSA) is 58.6 Å². The molecule has 0 bridgehead atoms. The minimum atomic E-state index is -0.965. The van der Waals surface area contributed by atoms with E-state index in [1.165, 1.54) is 12.8 Å². The maximum absolute atomic E-state index is 12.0. The number of ether oxygens (including phenoxy) is 1. The lowest BCUT2D eigenvalue weighted by Crippen LogP contribution is -2.35. The van der Waals surface area contributed by atoms with Crippen molar-refractivity contribution >= 4 is 10.8 Å². The van der Waals surface area contributed by atoms with E-state index in [-0.39, 0.29) is 11.4 Å². The highest BCUT2D eigenvalue weighted by atomic mass is 32.2. The zero-order chi connectivity index (χ0) is 11.5. The van der Waals surface area contributed by atoms with Gasteiger partial charge < -0.3 is 15.2 Å². The molecule has 4 atom stereocenters. The number of rotatable bonds is 6. The fraction of sp³-hybridized carbons (Fsp3) is 1.00. The van der Waals surface area contributed by atoms with Gasteiger partial charge in [0.05, 0.1) is 23.2 Å². The molecule has 94 valence electrons. The monoisotopic (exact) mass is 247 g/mol. The second-order valence-electron chi connectivity index (χ2n) is 4.79. The normalized spacial score (nSPS) is 33.9. The van der Waals surface area contributed by atoms with E-state index in [9.17, 15) is 9.32 Å². The molecular formula is C11H21NO3S. The highest BCUT2D eigenvalue weighted by Crippen LogP contribution is 2.20. The summed E-state index contributed by atoms with van der Waals surface area (Å²) in [7, 11) is -0.965. The number of aliphatic hydroxyl groups excluding tert-OH is 1. The molecule has 1 saturated heterocycles. The van der Waals surface area contributed by atoms with Crippen molar-refractivity contribution < 1.29 is 14.1 Å². The first kappa shape index (κ1) is 12.5. The van der Waals surface area contributed by atoms with Crippen LogP contribution in [-0.2, 0) is 15.5 Å².